The van der Waals surface area contributed by atoms with Crippen molar-refractivity contribution in [1.29, 1.82) is 0 Å². The molecule has 6 heteroatoms. The summed E-state index contributed by atoms with van der Waals surface area (Å²) >= 11 is 2.04. The molecule has 0 spiro atoms. The normalized spacial score (nSPS) is 18.1. The first-order chi connectivity index (χ1) is 5.15. The van der Waals surface area contributed by atoms with Gasteiger partial charge in [-0.05, 0) is 0 Å². The zero-order valence-electron chi connectivity index (χ0n) is 5.57. The van der Waals surface area contributed by atoms with Crippen LogP contribution in [0, 0.1) is 0 Å². The quantitative estimate of drug-likeness (QED) is 0.407. The van der Waals surface area contributed by atoms with Crippen LogP contribution in [0.3, 0.4) is 0 Å². The Hall–Kier alpha value is -0.936. The molecule has 0 aliphatic carbocycles. The van der Waals surface area contributed by atoms with Crippen molar-refractivity contribution in [3.05, 3.63) is 0 Å². The second kappa shape index (κ2) is 2.98. The third kappa shape index (κ3) is 1.55. The van der Waals surface area contributed by atoms with Gasteiger partial charge in [-0.2, -0.15) is 0 Å². The molecule has 2 amide bonds. The van der Waals surface area contributed by atoms with E-state index in [9.17, 15) is 9.59 Å². The molecule has 57 valence electrons. The van der Waals surface area contributed by atoms with E-state index >= 15 is 0 Å². The van der Waals surface area contributed by atoms with Crippen LogP contribution >= 0.6 is 0 Å². The molecule has 1 fully saturated rings. The molecule has 0 saturated carbocycles. The van der Waals surface area contributed by atoms with E-state index in [1.54, 1.807) is 0 Å². The fourth-order valence-corrected chi connectivity index (χ4v) is 1.17. The molecular formula is C5H5N3O2V. The summed E-state index contributed by atoms with van der Waals surface area (Å²) < 4.78 is 0.341. The van der Waals surface area contributed by atoms with Gasteiger partial charge in [-0.15, -0.1) is 0 Å². The molecule has 1 heterocycles. The molecule has 0 radical (unpaired) electrons. The maximum absolute atomic E-state index is 10.9. The number of carbonyl (C=O) groups excluding carboxylic acids is 2. The monoisotopic (exact) mass is 190 g/mol. The number of nitrogens with zero attached hydrogens (tertiary/aromatic N) is 2. The van der Waals surface area contributed by atoms with E-state index < -0.39 is 0 Å². The molecular weight excluding hydrogens is 185 g/mol. The number of carbonyl (C=O) groups is 2. The van der Waals surface area contributed by atoms with Crippen LogP contribution in [0.4, 0.5) is 0 Å². The fraction of sp³-hybridized carbons (Fsp3) is 0.200. The van der Waals surface area contributed by atoms with Crippen molar-refractivity contribution in [2.75, 3.05) is 0 Å². The summed E-state index contributed by atoms with van der Waals surface area (Å²) in [5.41, 5.74) is 0. The third-order valence-electron chi connectivity index (χ3n) is 1.14. The molecule has 5 nitrogen and oxygen atoms in total. The van der Waals surface area contributed by atoms with Gasteiger partial charge in [0.05, 0.1) is 0 Å². The molecule has 0 aromatic rings. The predicted octanol–water partition coefficient (Wildman–Crippen LogP) is -1.42. The van der Waals surface area contributed by atoms with Gasteiger partial charge in [0.1, 0.15) is 0 Å². The SMILES string of the molecule is C=NN1C(=O)CC(=O)N[C]1=[V]. The minimum absolute atomic E-state index is 0.166. The molecule has 0 atom stereocenters. The van der Waals surface area contributed by atoms with Crippen LogP contribution in [0.1, 0.15) is 6.42 Å². The van der Waals surface area contributed by atoms with Gasteiger partial charge in [-0.25, -0.2) is 0 Å². The number of hydrazone groups is 1. The van der Waals surface area contributed by atoms with Gasteiger partial charge in [0, 0.05) is 0 Å². The Morgan fingerprint density at radius 3 is 2.73 bits per heavy atom. The Labute approximate surface area is 71.9 Å². The van der Waals surface area contributed by atoms with Crippen LogP contribution in [-0.4, -0.2) is 28.0 Å². The Morgan fingerprint density at radius 2 is 2.27 bits per heavy atom. The summed E-state index contributed by atoms with van der Waals surface area (Å²) in [5.74, 6) is -0.676. The number of hydrogen-bond donors (Lipinski definition) is 1. The fourth-order valence-electron chi connectivity index (χ4n) is 0.698. The van der Waals surface area contributed by atoms with Crippen molar-refractivity contribution in [3.8, 4) is 0 Å². The van der Waals surface area contributed by atoms with E-state index in [-0.39, 0.29) is 18.2 Å². The van der Waals surface area contributed by atoms with Crippen molar-refractivity contribution in [3.63, 3.8) is 0 Å². The average Bonchev–Trinajstić information content (AvgIpc) is 1.85. The van der Waals surface area contributed by atoms with Gasteiger partial charge in [0.25, 0.3) is 0 Å². The molecule has 11 heavy (non-hydrogen) atoms. The first-order valence-corrected chi connectivity index (χ1v) is 3.50. The van der Waals surface area contributed by atoms with Gasteiger partial charge in [0.15, 0.2) is 0 Å². The molecule has 0 aromatic carbocycles. The van der Waals surface area contributed by atoms with Gasteiger partial charge < -0.3 is 0 Å². The van der Waals surface area contributed by atoms with Gasteiger partial charge in [-0.3, -0.25) is 0 Å². The summed E-state index contributed by atoms with van der Waals surface area (Å²) in [6.45, 7) is 3.18. The Bertz CT molecular complexity index is 230. The molecule has 0 unspecified atom stereocenters. The first-order valence-electron chi connectivity index (χ1n) is 2.80. The topological polar surface area (TPSA) is 61.8 Å². The Kier molecular flexibility index (Phi) is 2.21. The number of rotatable bonds is 1. The molecule has 1 aliphatic rings. The summed E-state index contributed by atoms with van der Waals surface area (Å²) in [6.07, 6.45) is -0.166. The number of amides is 2. The summed E-state index contributed by atoms with van der Waals surface area (Å²) in [5, 5.41) is 6.89. The molecule has 1 N–H and O–H groups in total. The number of nitrogens with one attached hydrogen (secondary N) is 1. The van der Waals surface area contributed by atoms with E-state index in [4.69, 9.17) is 0 Å². The van der Waals surface area contributed by atoms with E-state index in [0.717, 1.165) is 5.01 Å². The number of hydrogen-bond acceptors (Lipinski definition) is 3. The van der Waals surface area contributed by atoms with Crippen LogP contribution in [0.15, 0.2) is 5.10 Å². The molecule has 0 aromatic heterocycles. The molecule has 1 saturated heterocycles. The molecule has 1 rings (SSSR count). The van der Waals surface area contributed by atoms with Gasteiger partial charge >= 0.3 is 71.4 Å². The second-order valence-electron chi connectivity index (χ2n) is 1.90. The second-order valence-corrected chi connectivity index (χ2v) is 2.56. The Balaban J connectivity index is 2.82. The molecule has 0 bridgehead atoms. The van der Waals surface area contributed by atoms with Crippen molar-refractivity contribution >= 4 is 23.0 Å². The van der Waals surface area contributed by atoms with Gasteiger partial charge in [-0.1, -0.05) is 0 Å². The zero-order valence-corrected chi connectivity index (χ0v) is 6.97. The predicted molar refractivity (Wildman–Crippen MR) is 34.2 cm³/mol. The summed E-state index contributed by atoms with van der Waals surface area (Å²) in [4.78, 5) is 21.6. The van der Waals surface area contributed by atoms with E-state index in [2.05, 4.69) is 17.1 Å². The zero-order chi connectivity index (χ0) is 8.43. The minimum atomic E-state index is -0.362. The van der Waals surface area contributed by atoms with Crippen LogP contribution in [0.5, 0.6) is 0 Å². The molecule has 1 aliphatic heterocycles. The summed E-state index contributed by atoms with van der Waals surface area (Å²) in [6, 6.07) is 0. The van der Waals surface area contributed by atoms with Gasteiger partial charge in [0.2, 0.25) is 0 Å². The first kappa shape index (κ1) is 8.16. The third-order valence-corrected chi connectivity index (χ3v) is 1.61. The maximum atomic E-state index is 10.9. The van der Waals surface area contributed by atoms with Crippen LogP contribution < -0.4 is 5.32 Å². The van der Waals surface area contributed by atoms with Crippen molar-refractivity contribution < 1.29 is 26.6 Å². The summed E-state index contributed by atoms with van der Waals surface area (Å²) in [7, 11) is 0. The van der Waals surface area contributed by atoms with Crippen molar-refractivity contribution in [1.82, 2.24) is 10.3 Å². The van der Waals surface area contributed by atoms with Crippen LogP contribution in [0.2, 0.25) is 0 Å². The van der Waals surface area contributed by atoms with E-state index in [0.29, 0.717) is 4.47 Å². The van der Waals surface area contributed by atoms with Crippen molar-refractivity contribution in [2.45, 2.75) is 6.42 Å². The average molecular weight is 190 g/mol. The van der Waals surface area contributed by atoms with Crippen LogP contribution in [-0.2, 0) is 26.6 Å². The standard InChI is InChI=1S/C5H5N3O2.V/c1-6-8-3-7-4(9)2-5(8)10;/h1-2H2,(H,7,9);. The van der Waals surface area contributed by atoms with E-state index in [1.807, 2.05) is 17.0 Å². The Morgan fingerprint density at radius 1 is 1.64 bits per heavy atom. The van der Waals surface area contributed by atoms with Crippen LogP contribution in [0.25, 0.3) is 0 Å². The van der Waals surface area contributed by atoms with E-state index in [1.165, 1.54) is 0 Å². The van der Waals surface area contributed by atoms with Crippen molar-refractivity contribution in [2.24, 2.45) is 5.10 Å².